The Morgan fingerprint density at radius 2 is 1.94 bits per heavy atom. The van der Waals surface area contributed by atoms with Gasteiger partial charge in [0.15, 0.2) is 5.82 Å². The van der Waals surface area contributed by atoms with Gasteiger partial charge in [-0.2, -0.15) is 0 Å². The molecule has 32 heavy (non-hydrogen) atoms. The van der Waals surface area contributed by atoms with E-state index in [1.165, 1.54) is 0 Å². The van der Waals surface area contributed by atoms with Gasteiger partial charge in [-0.15, -0.1) is 0 Å². The number of anilines is 2. The van der Waals surface area contributed by atoms with E-state index < -0.39 is 18.9 Å². The topological polar surface area (TPSA) is 89.0 Å². The van der Waals surface area contributed by atoms with Gasteiger partial charge in [-0.3, -0.25) is 9.78 Å². The molecule has 0 aliphatic heterocycles. The summed E-state index contributed by atoms with van der Waals surface area (Å²) in [4.78, 5) is 25.9. The lowest BCUT2D eigenvalue weighted by Crippen LogP contribution is -2.29. The van der Waals surface area contributed by atoms with Gasteiger partial charge in [-0.1, -0.05) is 12.1 Å². The zero-order valence-electron chi connectivity index (χ0n) is 17.0. The zero-order valence-corrected chi connectivity index (χ0v) is 17.0. The number of benzene rings is 2. The first kappa shape index (κ1) is 21.1. The van der Waals surface area contributed by atoms with Gasteiger partial charge in [0.25, 0.3) is 12.3 Å². The number of carbonyl (C=O) groups is 1. The van der Waals surface area contributed by atoms with Gasteiger partial charge < -0.3 is 15.4 Å². The van der Waals surface area contributed by atoms with Gasteiger partial charge in [-0.25, -0.2) is 18.7 Å². The number of methoxy groups -OCH3 is 1. The van der Waals surface area contributed by atoms with Crippen LogP contribution >= 0.6 is 0 Å². The number of alkyl halides is 2. The monoisotopic (exact) mass is 435 g/mol. The number of hydrogen-bond acceptors (Lipinski definition) is 6. The lowest BCUT2D eigenvalue weighted by Gasteiger charge is -2.15. The van der Waals surface area contributed by atoms with Crippen LogP contribution in [0.25, 0.3) is 22.3 Å². The molecule has 2 heterocycles. The van der Waals surface area contributed by atoms with Crippen LogP contribution in [-0.2, 0) is 0 Å². The van der Waals surface area contributed by atoms with Crippen molar-refractivity contribution < 1.29 is 18.3 Å². The van der Waals surface area contributed by atoms with Crippen LogP contribution in [0, 0.1) is 0 Å². The molecule has 0 aliphatic carbocycles. The van der Waals surface area contributed by atoms with Gasteiger partial charge in [0.1, 0.15) is 11.6 Å². The number of pyridine rings is 1. The number of carbonyl (C=O) groups excluding carboxylic acids is 1. The Balaban J connectivity index is 1.79. The first-order valence-electron chi connectivity index (χ1n) is 9.73. The van der Waals surface area contributed by atoms with E-state index in [9.17, 15) is 13.6 Å². The fourth-order valence-electron chi connectivity index (χ4n) is 3.14. The lowest BCUT2D eigenvalue weighted by molar-refractivity contribution is 0.0892. The second-order valence-corrected chi connectivity index (χ2v) is 6.79. The van der Waals surface area contributed by atoms with Gasteiger partial charge >= 0.3 is 0 Å². The molecule has 162 valence electrons. The summed E-state index contributed by atoms with van der Waals surface area (Å²) in [6.07, 6.45) is 0.669. The first-order valence-corrected chi connectivity index (χ1v) is 9.73. The second kappa shape index (κ2) is 9.34. The molecule has 1 amide bonds. The summed E-state index contributed by atoms with van der Waals surface area (Å²) in [6.45, 7) is -0.730. The van der Waals surface area contributed by atoms with Crippen LogP contribution in [0.15, 0.2) is 67.0 Å². The molecule has 0 spiro atoms. The van der Waals surface area contributed by atoms with E-state index in [-0.39, 0.29) is 5.56 Å². The summed E-state index contributed by atoms with van der Waals surface area (Å²) < 4.78 is 30.4. The molecule has 0 unspecified atom stereocenters. The molecule has 2 N–H and O–H groups in total. The highest BCUT2D eigenvalue weighted by Crippen LogP contribution is 2.31. The number of ether oxygens (including phenoxy) is 1. The third-order valence-corrected chi connectivity index (χ3v) is 4.66. The molecule has 0 aliphatic rings. The summed E-state index contributed by atoms with van der Waals surface area (Å²) in [7, 11) is 1.56. The minimum atomic E-state index is -2.64. The molecule has 4 aromatic rings. The minimum Gasteiger partial charge on any atom is -0.497 e. The van der Waals surface area contributed by atoms with Gasteiger partial charge in [-0.05, 0) is 42.5 Å². The number of rotatable bonds is 7. The van der Waals surface area contributed by atoms with Crippen molar-refractivity contribution in [1.29, 1.82) is 0 Å². The summed E-state index contributed by atoms with van der Waals surface area (Å²) in [6, 6.07) is 15.6. The Labute approximate surface area is 182 Å². The van der Waals surface area contributed by atoms with Crippen molar-refractivity contribution in [2.75, 3.05) is 19.0 Å². The fourth-order valence-corrected chi connectivity index (χ4v) is 3.14. The maximum Gasteiger partial charge on any atom is 0.255 e. The summed E-state index contributed by atoms with van der Waals surface area (Å²) >= 11 is 0. The van der Waals surface area contributed by atoms with Crippen molar-refractivity contribution in [1.82, 2.24) is 20.3 Å². The molecular formula is C23H19F2N5O2. The van der Waals surface area contributed by atoms with E-state index >= 15 is 0 Å². The van der Waals surface area contributed by atoms with Gasteiger partial charge in [0.05, 0.1) is 30.4 Å². The number of hydrogen-bond donors (Lipinski definition) is 2. The molecule has 2 aromatic heterocycles. The number of aromatic nitrogens is 3. The zero-order chi connectivity index (χ0) is 22.5. The summed E-state index contributed by atoms with van der Waals surface area (Å²) in [5, 5.41) is 6.06. The molecule has 0 atom stereocenters. The Hall–Kier alpha value is -4.14. The van der Waals surface area contributed by atoms with Crippen molar-refractivity contribution in [2.45, 2.75) is 6.43 Å². The molecule has 0 saturated carbocycles. The number of nitrogens with zero attached hydrogens (tertiary/aromatic N) is 3. The molecule has 4 rings (SSSR count). The van der Waals surface area contributed by atoms with Crippen LogP contribution in [0.1, 0.15) is 10.4 Å². The molecule has 0 fully saturated rings. The largest absolute Gasteiger partial charge is 0.497 e. The Morgan fingerprint density at radius 3 is 2.69 bits per heavy atom. The Morgan fingerprint density at radius 1 is 1.09 bits per heavy atom. The smallest absolute Gasteiger partial charge is 0.255 e. The highest BCUT2D eigenvalue weighted by Gasteiger charge is 2.16. The van der Waals surface area contributed by atoms with Crippen LogP contribution in [0.3, 0.4) is 0 Å². The van der Waals surface area contributed by atoms with Crippen LogP contribution in [0.5, 0.6) is 5.75 Å². The number of fused-ring (bicyclic) bond motifs is 1. The van der Waals surface area contributed by atoms with Crippen LogP contribution in [0.4, 0.5) is 20.3 Å². The van der Waals surface area contributed by atoms with E-state index in [1.54, 1.807) is 62.0 Å². The SMILES string of the molecule is COc1ccc2nc(-c3cccnc3)nc(Nc3ccccc3C(=O)NCC(F)F)c2c1. The number of amides is 1. The third-order valence-electron chi connectivity index (χ3n) is 4.66. The van der Waals surface area contributed by atoms with Crippen molar-refractivity contribution in [3.8, 4) is 17.1 Å². The molecule has 0 bridgehead atoms. The van der Waals surface area contributed by atoms with Crippen molar-refractivity contribution in [2.24, 2.45) is 0 Å². The Kier molecular flexibility index (Phi) is 6.16. The molecule has 7 nitrogen and oxygen atoms in total. The van der Waals surface area contributed by atoms with Crippen LogP contribution in [0.2, 0.25) is 0 Å². The highest BCUT2D eigenvalue weighted by atomic mass is 19.3. The summed E-state index contributed by atoms with van der Waals surface area (Å²) in [5.41, 5.74) is 2.00. The lowest BCUT2D eigenvalue weighted by atomic mass is 10.1. The van der Waals surface area contributed by atoms with Crippen LogP contribution < -0.4 is 15.4 Å². The summed E-state index contributed by atoms with van der Waals surface area (Å²) in [5.74, 6) is 0.873. The van der Waals surface area contributed by atoms with E-state index in [1.807, 2.05) is 12.1 Å². The van der Waals surface area contributed by atoms with Gasteiger partial charge in [0, 0.05) is 23.3 Å². The van der Waals surface area contributed by atoms with Crippen LogP contribution in [-0.4, -0.2) is 40.9 Å². The number of halogens is 2. The standard InChI is InChI=1S/C23H19F2N5O2/c1-32-15-8-9-19-17(11-15)22(30-21(28-19)14-5-4-10-26-12-14)29-18-7-3-2-6-16(18)23(31)27-13-20(24)25/h2-12,20H,13H2,1H3,(H,27,31)(H,28,29,30). The molecule has 2 aromatic carbocycles. The predicted molar refractivity (Wildman–Crippen MR) is 117 cm³/mol. The van der Waals surface area contributed by atoms with E-state index in [2.05, 4.69) is 25.6 Å². The predicted octanol–water partition coefficient (Wildman–Crippen LogP) is 4.44. The molecule has 9 heteroatoms. The molecular weight excluding hydrogens is 416 g/mol. The highest BCUT2D eigenvalue weighted by molar-refractivity contribution is 6.02. The van der Waals surface area contributed by atoms with E-state index in [4.69, 9.17) is 4.74 Å². The number of nitrogens with one attached hydrogen (secondary N) is 2. The maximum absolute atomic E-state index is 12.5. The Bertz CT molecular complexity index is 1250. The van der Waals surface area contributed by atoms with Gasteiger partial charge in [0.2, 0.25) is 0 Å². The number of para-hydroxylation sites is 1. The second-order valence-electron chi connectivity index (χ2n) is 6.79. The maximum atomic E-state index is 12.5. The average molecular weight is 435 g/mol. The first-order chi connectivity index (χ1) is 15.5. The minimum absolute atomic E-state index is 0.214. The van der Waals surface area contributed by atoms with Crippen molar-refractivity contribution >= 4 is 28.3 Å². The fraction of sp³-hybridized carbons (Fsp3) is 0.130. The molecule has 0 saturated heterocycles. The quantitative estimate of drug-likeness (QED) is 0.446. The van der Waals surface area contributed by atoms with Crippen molar-refractivity contribution in [3.05, 3.63) is 72.6 Å². The van der Waals surface area contributed by atoms with E-state index in [0.717, 1.165) is 5.56 Å². The normalized spacial score (nSPS) is 10.9. The van der Waals surface area contributed by atoms with E-state index in [0.29, 0.717) is 34.0 Å². The average Bonchev–Trinajstić information content (AvgIpc) is 2.83. The van der Waals surface area contributed by atoms with Crippen molar-refractivity contribution in [3.63, 3.8) is 0 Å². The molecule has 0 radical (unpaired) electrons. The third kappa shape index (κ3) is 4.61.